The number of aryl methyl sites for hydroxylation is 1. The Labute approximate surface area is 149 Å². The molecule has 2 aromatic carbocycles. The number of hydrogen-bond acceptors (Lipinski definition) is 1. The van der Waals surface area contributed by atoms with Gasteiger partial charge in [-0.2, -0.15) is 13.2 Å². The van der Waals surface area contributed by atoms with Gasteiger partial charge in [-0.05, 0) is 18.9 Å². The fraction of sp³-hybridized carbons (Fsp3) is 0.300. The lowest BCUT2D eigenvalue weighted by Gasteiger charge is -2.19. The van der Waals surface area contributed by atoms with E-state index >= 15 is 0 Å². The molecular weight excluding hydrogens is 351 g/mol. The first-order valence-electron chi connectivity index (χ1n) is 7.99. The molecule has 0 saturated heterocycles. The lowest BCUT2D eigenvalue weighted by molar-refractivity contribution is -0.185. The Morgan fingerprint density at radius 3 is 1.77 bits per heavy atom. The van der Waals surface area contributed by atoms with E-state index in [1.54, 1.807) is 12.1 Å². The van der Waals surface area contributed by atoms with Crippen LogP contribution in [0.15, 0.2) is 48.5 Å². The van der Waals surface area contributed by atoms with Crippen LogP contribution in [0.25, 0.3) is 11.7 Å². The van der Waals surface area contributed by atoms with Gasteiger partial charge in [0.1, 0.15) is 0 Å². The third kappa shape index (κ3) is 5.14. The van der Waals surface area contributed by atoms with Crippen molar-refractivity contribution >= 4 is 11.7 Å². The molecule has 0 aliphatic rings. The van der Waals surface area contributed by atoms with Crippen LogP contribution in [0, 0.1) is 12.8 Å². The fourth-order valence-corrected chi connectivity index (χ4v) is 2.50. The predicted molar refractivity (Wildman–Crippen MR) is 91.8 cm³/mol. The molecule has 0 fully saturated rings. The number of alkyl halides is 3. The summed E-state index contributed by atoms with van der Waals surface area (Å²) < 4.78 is 72.0. The topological polar surface area (TPSA) is 9.23 Å². The average Bonchev–Trinajstić information content (AvgIpc) is 2.60. The third-order valence-electron chi connectivity index (χ3n) is 4.02. The third-order valence-corrected chi connectivity index (χ3v) is 4.02. The lowest BCUT2D eigenvalue weighted by atomic mass is 9.98. The molecule has 0 N–H and O–H groups in total. The van der Waals surface area contributed by atoms with Gasteiger partial charge in [0, 0.05) is 18.2 Å². The van der Waals surface area contributed by atoms with Gasteiger partial charge in [0.25, 0.3) is 0 Å². The number of rotatable bonds is 6. The average molecular weight is 370 g/mol. The van der Waals surface area contributed by atoms with Gasteiger partial charge in [-0.15, -0.1) is 0 Å². The van der Waals surface area contributed by atoms with Crippen molar-refractivity contribution in [1.82, 2.24) is 0 Å². The molecule has 2 aromatic rings. The largest absolute Gasteiger partial charge is 0.394 e. The van der Waals surface area contributed by atoms with Crippen LogP contribution in [0.1, 0.15) is 22.3 Å². The van der Waals surface area contributed by atoms with Crippen LogP contribution < -0.4 is 0 Å². The summed E-state index contributed by atoms with van der Waals surface area (Å²) in [5.74, 6) is -3.71. The highest BCUT2D eigenvalue weighted by Gasteiger charge is 2.39. The van der Waals surface area contributed by atoms with E-state index < -0.39 is 30.4 Å². The summed E-state index contributed by atoms with van der Waals surface area (Å²) in [5, 5.41) is 0. The van der Waals surface area contributed by atoms with Gasteiger partial charge < -0.3 is 4.74 Å². The van der Waals surface area contributed by atoms with Gasteiger partial charge in [-0.1, -0.05) is 54.1 Å². The van der Waals surface area contributed by atoms with Crippen molar-refractivity contribution in [3.8, 4) is 0 Å². The normalized spacial score (nSPS) is 14.1. The van der Waals surface area contributed by atoms with Crippen LogP contribution >= 0.6 is 0 Å². The van der Waals surface area contributed by atoms with E-state index in [-0.39, 0.29) is 17.5 Å². The Bertz CT molecular complexity index is 745. The summed E-state index contributed by atoms with van der Waals surface area (Å²) in [5.41, 5.74) is 1.37. The highest BCUT2D eigenvalue weighted by atomic mass is 19.4. The zero-order valence-corrected chi connectivity index (χ0v) is 14.4. The molecule has 1 nitrogen and oxygen atoms in total. The summed E-state index contributed by atoms with van der Waals surface area (Å²) in [6.45, 7) is 1.37. The Hall–Kier alpha value is -2.21. The molecule has 0 saturated carbocycles. The number of benzene rings is 2. The van der Waals surface area contributed by atoms with E-state index in [9.17, 15) is 22.0 Å². The maximum Gasteiger partial charge on any atom is 0.394 e. The molecule has 26 heavy (non-hydrogen) atoms. The van der Waals surface area contributed by atoms with Crippen LogP contribution in [-0.2, 0) is 11.2 Å². The number of ether oxygens (including phenoxy) is 1. The van der Waals surface area contributed by atoms with Crippen molar-refractivity contribution in [2.45, 2.75) is 19.5 Å². The lowest BCUT2D eigenvalue weighted by Crippen LogP contribution is -2.29. The van der Waals surface area contributed by atoms with Gasteiger partial charge in [-0.3, -0.25) is 0 Å². The number of methoxy groups -OCH3 is 1. The van der Waals surface area contributed by atoms with Crippen molar-refractivity contribution in [2.24, 2.45) is 5.92 Å². The second kappa shape index (κ2) is 8.45. The standard InChI is InChI=1S/C20H19F5O/c1-13-3-7-15(8-4-13)18(21)19(22)16-9-5-14(6-10-16)11-17(12-26-2)20(23,24)25/h3-10,17H,11-12H2,1-2H3/b19-18-. The predicted octanol–water partition coefficient (Wildman–Crippen LogP) is 6.13. The van der Waals surface area contributed by atoms with E-state index in [1.807, 2.05) is 6.92 Å². The second-order valence-electron chi connectivity index (χ2n) is 6.09. The Kier molecular flexibility index (Phi) is 6.53. The first-order valence-corrected chi connectivity index (χ1v) is 7.99. The van der Waals surface area contributed by atoms with E-state index in [2.05, 4.69) is 4.74 Å². The molecule has 1 atom stereocenters. The first kappa shape index (κ1) is 20.1. The minimum Gasteiger partial charge on any atom is -0.384 e. The summed E-state index contributed by atoms with van der Waals surface area (Å²) in [6.07, 6.45) is -4.68. The number of halogens is 5. The monoisotopic (exact) mass is 370 g/mol. The molecule has 0 bridgehead atoms. The Morgan fingerprint density at radius 2 is 1.35 bits per heavy atom. The fourth-order valence-electron chi connectivity index (χ4n) is 2.50. The first-order chi connectivity index (χ1) is 12.2. The minimum absolute atomic E-state index is 0.0258. The highest BCUT2D eigenvalue weighted by Crippen LogP contribution is 2.31. The molecule has 1 unspecified atom stereocenters. The zero-order chi connectivity index (χ0) is 19.3. The highest BCUT2D eigenvalue weighted by molar-refractivity contribution is 5.83. The van der Waals surface area contributed by atoms with E-state index in [1.165, 1.54) is 43.5 Å². The Morgan fingerprint density at radius 1 is 0.885 bits per heavy atom. The van der Waals surface area contributed by atoms with Gasteiger partial charge in [0.05, 0.1) is 12.5 Å². The van der Waals surface area contributed by atoms with E-state index in [4.69, 9.17) is 0 Å². The van der Waals surface area contributed by atoms with Crippen LogP contribution in [0.2, 0.25) is 0 Å². The van der Waals surface area contributed by atoms with Crippen LogP contribution in [-0.4, -0.2) is 19.9 Å². The van der Waals surface area contributed by atoms with Crippen LogP contribution in [0.5, 0.6) is 0 Å². The quantitative estimate of drug-likeness (QED) is 0.439. The van der Waals surface area contributed by atoms with E-state index in [0.29, 0.717) is 5.56 Å². The molecule has 0 heterocycles. The zero-order valence-electron chi connectivity index (χ0n) is 14.4. The smallest absolute Gasteiger partial charge is 0.384 e. The molecule has 0 aliphatic carbocycles. The van der Waals surface area contributed by atoms with Crippen LogP contribution in [0.4, 0.5) is 22.0 Å². The maximum absolute atomic E-state index is 14.3. The molecule has 0 spiro atoms. The van der Waals surface area contributed by atoms with Gasteiger partial charge in [0.15, 0.2) is 11.7 Å². The molecular formula is C20H19F5O. The van der Waals surface area contributed by atoms with Crippen molar-refractivity contribution in [1.29, 1.82) is 0 Å². The van der Waals surface area contributed by atoms with Gasteiger partial charge >= 0.3 is 6.18 Å². The number of hydrogen-bond donors (Lipinski definition) is 0. The second-order valence-corrected chi connectivity index (χ2v) is 6.09. The van der Waals surface area contributed by atoms with Crippen LogP contribution in [0.3, 0.4) is 0 Å². The van der Waals surface area contributed by atoms with Crippen molar-refractivity contribution in [2.75, 3.05) is 13.7 Å². The molecule has 2 rings (SSSR count). The maximum atomic E-state index is 14.3. The van der Waals surface area contributed by atoms with Gasteiger partial charge in [-0.25, -0.2) is 8.78 Å². The molecule has 6 heteroatoms. The Balaban J connectivity index is 2.20. The van der Waals surface area contributed by atoms with Crippen molar-refractivity contribution < 1.29 is 26.7 Å². The van der Waals surface area contributed by atoms with E-state index in [0.717, 1.165) is 5.56 Å². The molecule has 140 valence electrons. The van der Waals surface area contributed by atoms with Gasteiger partial charge in [0.2, 0.25) is 0 Å². The summed E-state index contributed by atoms with van der Waals surface area (Å²) in [4.78, 5) is 0. The summed E-state index contributed by atoms with van der Waals surface area (Å²) in [7, 11) is 1.20. The minimum atomic E-state index is -4.39. The SMILES string of the molecule is COCC(Cc1ccc(/C(F)=C(/F)c2ccc(C)cc2)cc1)C(F)(F)F. The molecule has 0 aliphatic heterocycles. The molecule has 0 radical (unpaired) electrons. The summed E-state index contributed by atoms with van der Waals surface area (Å²) in [6, 6.07) is 11.6. The summed E-state index contributed by atoms with van der Waals surface area (Å²) >= 11 is 0. The van der Waals surface area contributed by atoms with Crippen molar-refractivity contribution in [3.63, 3.8) is 0 Å². The van der Waals surface area contributed by atoms with Crippen molar-refractivity contribution in [3.05, 3.63) is 70.8 Å². The molecule has 0 aromatic heterocycles. The molecule has 0 amide bonds.